The maximum atomic E-state index is 5.73. The van der Waals surface area contributed by atoms with Crippen molar-refractivity contribution in [3.8, 4) is 0 Å². The van der Waals surface area contributed by atoms with E-state index in [4.69, 9.17) is 4.74 Å². The van der Waals surface area contributed by atoms with Crippen LogP contribution in [0.25, 0.3) is 0 Å². The molecule has 0 saturated carbocycles. The Labute approximate surface area is 88.6 Å². The van der Waals surface area contributed by atoms with E-state index in [-0.39, 0.29) is 0 Å². The molecule has 0 N–H and O–H groups in total. The summed E-state index contributed by atoms with van der Waals surface area (Å²) in [5.41, 5.74) is 0. The molecule has 2 heteroatoms. The summed E-state index contributed by atoms with van der Waals surface area (Å²) in [4.78, 5) is 2.56. The molecule has 1 saturated heterocycles. The van der Waals surface area contributed by atoms with Gasteiger partial charge in [-0.05, 0) is 18.9 Å². The van der Waals surface area contributed by atoms with Crippen molar-refractivity contribution < 1.29 is 4.74 Å². The van der Waals surface area contributed by atoms with E-state index in [1.54, 1.807) is 0 Å². The number of hydrogen-bond acceptors (Lipinski definition) is 2. The van der Waals surface area contributed by atoms with Gasteiger partial charge in [-0.15, -0.1) is 0 Å². The molecular weight excluding hydrogens is 174 g/mol. The highest BCUT2D eigenvalue weighted by Crippen LogP contribution is 2.13. The van der Waals surface area contributed by atoms with E-state index in [1.165, 1.54) is 25.8 Å². The number of rotatable bonds is 5. The van der Waals surface area contributed by atoms with Crippen LogP contribution in [0.5, 0.6) is 0 Å². The van der Waals surface area contributed by atoms with E-state index in [1.807, 2.05) is 0 Å². The second-order valence-electron chi connectivity index (χ2n) is 4.66. The minimum Gasteiger partial charge on any atom is -0.375 e. The quantitative estimate of drug-likeness (QED) is 0.631. The molecule has 1 heterocycles. The molecule has 14 heavy (non-hydrogen) atoms. The summed E-state index contributed by atoms with van der Waals surface area (Å²) < 4.78 is 5.73. The highest BCUT2D eigenvalue weighted by atomic mass is 16.5. The Kier molecular flexibility index (Phi) is 5.49. The molecule has 1 aliphatic heterocycles. The Morgan fingerprint density at radius 3 is 2.79 bits per heavy atom. The Balaban J connectivity index is 2.19. The molecule has 0 aromatic carbocycles. The van der Waals surface area contributed by atoms with Crippen LogP contribution in [0.15, 0.2) is 0 Å². The number of ether oxygens (including phenoxy) is 1. The van der Waals surface area contributed by atoms with Gasteiger partial charge in [0.2, 0.25) is 0 Å². The van der Waals surface area contributed by atoms with Crippen LogP contribution in [0.3, 0.4) is 0 Å². The van der Waals surface area contributed by atoms with E-state index in [9.17, 15) is 0 Å². The zero-order valence-corrected chi connectivity index (χ0v) is 9.96. The van der Waals surface area contributed by atoms with Crippen molar-refractivity contribution >= 4 is 0 Å². The SMILES string of the molecule is CCCCCN1CCOC(C(C)C)C1. The smallest absolute Gasteiger partial charge is 0.0725 e. The van der Waals surface area contributed by atoms with Crippen molar-refractivity contribution in [3.05, 3.63) is 0 Å². The van der Waals surface area contributed by atoms with Gasteiger partial charge in [-0.3, -0.25) is 4.90 Å². The van der Waals surface area contributed by atoms with Crippen molar-refractivity contribution in [3.63, 3.8) is 0 Å². The fourth-order valence-corrected chi connectivity index (χ4v) is 1.92. The summed E-state index contributed by atoms with van der Waals surface area (Å²) in [7, 11) is 0. The zero-order chi connectivity index (χ0) is 10.4. The molecule has 1 aliphatic rings. The lowest BCUT2D eigenvalue weighted by atomic mass is 10.1. The first-order chi connectivity index (χ1) is 6.74. The summed E-state index contributed by atoms with van der Waals surface area (Å²) in [5, 5.41) is 0. The predicted molar refractivity (Wildman–Crippen MR) is 60.5 cm³/mol. The van der Waals surface area contributed by atoms with Gasteiger partial charge in [-0.2, -0.15) is 0 Å². The van der Waals surface area contributed by atoms with Crippen LogP contribution in [0.1, 0.15) is 40.0 Å². The van der Waals surface area contributed by atoms with Gasteiger partial charge in [0.05, 0.1) is 12.7 Å². The lowest BCUT2D eigenvalue weighted by Gasteiger charge is -2.34. The number of unbranched alkanes of at least 4 members (excludes halogenated alkanes) is 2. The van der Waals surface area contributed by atoms with Crippen LogP contribution in [0.4, 0.5) is 0 Å². The first kappa shape index (κ1) is 12.0. The molecule has 1 atom stereocenters. The Morgan fingerprint density at radius 2 is 2.14 bits per heavy atom. The number of hydrogen-bond donors (Lipinski definition) is 0. The third-order valence-electron chi connectivity index (χ3n) is 3.00. The summed E-state index contributed by atoms with van der Waals surface area (Å²) in [6, 6.07) is 0. The van der Waals surface area contributed by atoms with E-state index in [0.29, 0.717) is 12.0 Å². The van der Waals surface area contributed by atoms with Crippen molar-refractivity contribution in [2.45, 2.75) is 46.1 Å². The molecule has 0 aliphatic carbocycles. The molecule has 1 rings (SSSR count). The van der Waals surface area contributed by atoms with Gasteiger partial charge in [0.15, 0.2) is 0 Å². The van der Waals surface area contributed by atoms with E-state index in [0.717, 1.165) is 19.7 Å². The van der Waals surface area contributed by atoms with E-state index in [2.05, 4.69) is 25.7 Å². The second kappa shape index (κ2) is 6.41. The average Bonchev–Trinajstić information content (AvgIpc) is 2.19. The fraction of sp³-hybridized carbons (Fsp3) is 1.00. The number of morpholine rings is 1. The summed E-state index contributed by atoms with van der Waals surface area (Å²) in [6.45, 7) is 11.2. The molecule has 0 spiro atoms. The zero-order valence-electron chi connectivity index (χ0n) is 9.96. The Hall–Kier alpha value is -0.0800. The molecule has 0 bridgehead atoms. The van der Waals surface area contributed by atoms with Crippen molar-refractivity contribution in [1.29, 1.82) is 0 Å². The third kappa shape index (κ3) is 3.97. The van der Waals surface area contributed by atoms with Gasteiger partial charge in [-0.1, -0.05) is 33.6 Å². The van der Waals surface area contributed by atoms with Crippen molar-refractivity contribution in [2.75, 3.05) is 26.2 Å². The van der Waals surface area contributed by atoms with Gasteiger partial charge in [0.25, 0.3) is 0 Å². The maximum Gasteiger partial charge on any atom is 0.0725 e. The Bertz CT molecular complexity index is 147. The first-order valence-electron chi connectivity index (χ1n) is 6.08. The summed E-state index contributed by atoms with van der Waals surface area (Å²) in [6.07, 6.45) is 4.49. The highest BCUT2D eigenvalue weighted by Gasteiger charge is 2.22. The molecule has 0 amide bonds. The molecular formula is C12H25NO. The topological polar surface area (TPSA) is 12.5 Å². The molecule has 2 nitrogen and oxygen atoms in total. The summed E-state index contributed by atoms with van der Waals surface area (Å²) in [5.74, 6) is 0.656. The van der Waals surface area contributed by atoms with Gasteiger partial charge in [0.1, 0.15) is 0 Å². The summed E-state index contributed by atoms with van der Waals surface area (Å²) >= 11 is 0. The van der Waals surface area contributed by atoms with Gasteiger partial charge in [-0.25, -0.2) is 0 Å². The molecule has 0 aromatic rings. The lowest BCUT2D eigenvalue weighted by molar-refractivity contribution is -0.0506. The standard InChI is InChI=1S/C12H25NO/c1-4-5-6-7-13-8-9-14-12(10-13)11(2)3/h11-12H,4-10H2,1-3H3. The first-order valence-corrected chi connectivity index (χ1v) is 6.08. The van der Waals surface area contributed by atoms with Crippen LogP contribution in [-0.4, -0.2) is 37.2 Å². The largest absolute Gasteiger partial charge is 0.375 e. The lowest BCUT2D eigenvalue weighted by Crippen LogP contribution is -2.44. The third-order valence-corrected chi connectivity index (χ3v) is 3.00. The van der Waals surface area contributed by atoms with Crippen LogP contribution >= 0.6 is 0 Å². The molecule has 84 valence electrons. The monoisotopic (exact) mass is 199 g/mol. The van der Waals surface area contributed by atoms with Crippen LogP contribution in [-0.2, 0) is 4.74 Å². The van der Waals surface area contributed by atoms with E-state index >= 15 is 0 Å². The van der Waals surface area contributed by atoms with Crippen LogP contribution in [0, 0.1) is 5.92 Å². The van der Waals surface area contributed by atoms with Gasteiger partial charge in [0, 0.05) is 13.1 Å². The maximum absolute atomic E-state index is 5.73. The average molecular weight is 199 g/mol. The highest BCUT2D eigenvalue weighted by molar-refractivity contribution is 4.73. The minimum atomic E-state index is 0.463. The molecule has 0 radical (unpaired) electrons. The number of nitrogens with zero attached hydrogens (tertiary/aromatic N) is 1. The molecule has 1 unspecified atom stereocenters. The fourth-order valence-electron chi connectivity index (χ4n) is 1.92. The van der Waals surface area contributed by atoms with Crippen LogP contribution in [0.2, 0.25) is 0 Å². The minimum absolute atomic E-state index is 0.463. The van der Waals surface area contributed by atoms with Gasteiger partial charge >= 0.3 is 0 Å². The van der Waals surface area contributed by atoms with Crippen molar-refractivity contribution in [1.82, 2.24) is 4.90 Å². The predicted octanol–water partition coefficient (Wildman–Crippen LogP) is 2.53. The second-order valence-corrected chi connectivity index (χ2v) is 4.66. The van der Waals surface area contributed by atoms with Crippen LogP contribution < -0.4 is 0 Å². The molecule has 1 fully saturated rings. The van der Waals surface area contributed by atoms with Gasteiger partial charge < -0.3 is 4.74 Å². The Morgan fingerprint density at radius 1 is 1.36 bits per heavy atom. The normalized spacial score (nSPS) is 24.4. The van der Waals surface area contributed by atoms with E-state index < -0.39 is 0 Å². The van der Waals surface area contributed by atoms with Crippen molar-refractivity contribution in [2.24, 2.45) is 5.92 Å². The molecule has 0 aromatic heterocycles.